The second-order valence-electron chi connectivity index (χ2n) is 6.44. The lowest BCUT2D eigenvalue weighted by molar-refractivity contribution is -0.0703. The van der Waals surface area contributed by atoms with Crippen molar-refractivity contribution in [3.05, 3.63) is 16.1 Å². The van der Waals surface area contributed by atoms with Crippen molar-refractivity contribution in [1.29, 1.82) is 0 Å². The average Bonchev–Trinajstić information content (AvgIpc) is 2.68. The first-order chi connectivity index (χ1) is 8.20. The van der Waals surface area contributed by atoms with Gasteiger partial charge in [-0.25, -0.2) is 4.98 Å². The van der Waals surface area contributed by atoms with Gasteiger partial charge in [-0.05, 0) is 48.0 Å². The zero-order valence-corrected chi connectivity index (χ0v) is 13.0. The van der Waals surface area contributed by atoms with Crippen molar-refractivity contribution in [2.45, 2.75) is 71.2 Å². The number of aromatic nitrogens is 1. The molecule has 1 saturated heterocycles. The second-order valence-corrected chi connectivity index (χ2v) is 7.33. The molecular formula is C14H24N2OS. The molecule has 0 bridgehead atoms. The van der Waals surface area contributed by atoms with E-state index in [9.17, 15) is 0 Å². The molecule has 0 amide bonds. The largest absolute Gasteiger partial charge is 0.368 e. The molecule has 2 atom stereocenters. The number of aryl methyl sites for hydroxylation is 1. The zero-order valence-electron chi connectivity index (χ0n) is 12.2. The fraction of sp³-hybridized carbons (Fsp3) is 0.786. The molecule has 1 aromatic rings. The summed E-state index contributed by atoms with van der Waals surface area (Å²) in [5, 5.41) is 6.94. The maximum atomic E-state index is 6.11. The summed E-state index contributed by atoms with van der Waals surface area (Å²) in [6.07, 6.45) is 1.04. The number of hydrogen-bond donors (Lipinski definition) is 1. The summed E-state index contributed by atoms with van der Waals surface area (Å²) in [6, 6.07) is 0.650. The first-order valence-corrected chi connectivity index (χ1v) is 7.46. The first-order valence-electron chi connectivity index (χ1n) is 6.58. The van der Waals surface area contributed by atoms with E-state index in [1.807, 2.05) is 6.92 Å². The van der Waals surface area contributed by atoms with Crippen LogP contribution in [-0.4, -0.2) is 22.2 Å². The second kappa shape index (κ2) is 4.58. The highest BCUT2D eigenvalue weighted by atomic mass is 32.1. The Bertz CT molecular complexity index is 425. The molecule has 1 N–H and O–H groups in total. The Hall–Kier alpha value is -0.450. The van der Waals surface area contributed by atoms with Crippen molar-refractivity contribution in [1.82, 2.24) is 10.3 Å². The van der Waals surface area contributed by atoms with Gasteiger partial charge in [0.2, 0.25) is 0 Å². The molecule has 3 nitrogen and oxygen atoms in total. The van der Waals surface area contributed by atoms with Crippen molar-refractivity contribution in [2.24, 2.45) is 0 Å². The van der Waals surface area contributed by atoms with Crippen LogP contribution in [-0.2, 0) is 4.74 Å². The number of rotatable bonds is 3. The van der Waals surface area contributed by atoms with Gasteiger partial charge in [0.05, 0.1) is 17.2 Å². The minimum Gasteiger partial charge on any atom is -0.368 e. The van der Waals surface area contributed by atoms with E-state index in [4.69, 9.17) is 4.74 Å². The standard InChI is InChI=1S/C14H24N2OS/c1-9-8-18-12(15-9)10(2)16-11-7-13(3,4)17-14(11,5)6/h8,10-11,16H,7H2,1-6H3. The van der Waals surface area contributed by atoms with Crippen molar-refractivity contribution in [3.8, 4) is 0 Å². The highest BCUT2D eigenvalue weighted by molar-refractivity contribution is 7.09. The quantitative estimate of drug-likeness (QED) is 0.911. The third kappa shape index (κ3) is 2.92. The number of nitrogens with zero attached hydrogens (tertiary/aromatic N) is 1. The fourth-order valence-electron chi connectivity index (χ4n) is 2.77. The highest BCUT2D eigenvalue weighted by Gasteiger charge is 2.46. The van der Waals surface area contributed by atoms with E-state index in [-0.39, 0.29) is 17.2 Å². The van der Waals surface area contributed by atoms with Gasteiger partial charge in [0.1, 0.15) is 5.01 Å². The van der Waals surface area contributed by atoms with E-state index in [2.05, 4.69) is 50.3 Å². The molecule has 0 saturated carbocycles. The van der Waals surface area contributed by atoms with Gasteiger partial charge in [0.15, 0.2) is 0 Å². The summed E-state index contributed by atoms with van der Waals surface area (Å²) in [7, 11) is 0. The number of thiazole rings is 1. The van der Waals surface area contributed by atoms with Crippen LogP contribution in [0, 0.1) is 6.92 Å². The van der Waals surface area contributed by atoms with Gasteiger partial charge >= 0.3 is 0 Å². The normalized spacial score (nSPS) is 27.3. The number of nitrogens with one attached hydrogen (secondary N) is 1. The Labute approximate surface area is 114 Å². The molecule has 18 heavy (non-hydrogen) atoms. The molecule has 1 aliphatic rings. The minimum atomic E-state index is -0.121. The molecule has 1 aliphatic heterocycles. The van der Waals surface area contributed by atoms with Crippen LogP contribution in [0.3, 0.4) is 0 Å². The zero-order chi connectivity index (χ0) is 13.6. The molecule has 4 heteroatoms. The van der Waals surface area contributed by atoms with Crippen LogP contribution < -0.4 is 5.32 Å². The van der Waals surface area contributed by atoms with Crippen LogP contribution in [0.5, 0.6) is 0 Å². The molecular weight excluding hydrogens is 244 g/mol. The van der Waals surface area contributed by atoms with Gasteiger partial charge in [-0.3, -0.25) is 0 Å². The molecule has 2 heterocycles. The molecule has 0 radical (unpaired) electrons. The third-order valence-corrected chi connectivity index (χ3v) is 4.68. The van der Waals surface area contributed by atoms with E-state index in [1.54, 1.807) is 11.3 Å². The van der Waals surface area contributed by atoms with Crippen LogP contribution in [0.15, 0.2) is 5.38 Å². The SMILES string of the molecule is Cc1csc(C(C)NC2CC(C)(C)OC2(C)C)n1. The Morgan fingerprint density at radius 2 is 2.11 bits per heavy atom. The van der Waals surface area contributed by atoms with E-state index < -0.39 is 0 Å². The summed E-state index contributed by atoms with van der Waals surface area (Å²) in [4.78, 5) is 4.55. The lowest BCUT2D eigenvalue weighted by atomic mass is 9.94. The molecule has 1 aromatic heterocycles. The average molecular weight is 268 g/mol. The van der Waals surface area contributed by atoms with Gasteiger partial charge in [-0.15, -0.1) is 11.3 Å². The van der Waals surface area contributed by atoms with Gasteiger partial charge in [0.25, 0.3) is 0 Å². The van der Waals surface area contributed by atoms with Crippen molar-refractivity contribution >= 4 is 11.3 Å². The smallest absolute Gasteiger partial charge is 0.110 e. The molecule has 2 rings (SSSR count). The van der Waals surface area contributed by atoms with Crippen LogP contribution >= 0.6 is 11.3 Å². The van der Waals surface area contributed by atoms with Gasteiger partial charge < -0.3 is 10.1 Å². The summed E-state index contributed by atoms with van der Waals surface area (Å²) < 4.78 is 6.11. The summed E-state index contributed by atoms with van der Waals surface area (Å²) in [6.45, 7) is 12.9. The predicted octanol–water partition coefficient (Wildman–Crippen LogP) is 3.45. The van der Waals surface area contributed by atoms with Gasteiger partial charge in [0, 0.05) is 17.1 Å². The maximum Gasteiger partial charge on any atom is 0.110 e. The lowest BCUT2D eigenvalue weighted by Crippen LogP contribution is -2.44. The minimum absolute atomic E-state index is 0.0420. The van der Waals surface area contributed by atoms with E-state index in [0.717, 1.165) is 17.1 Å². The van der Waals surface area contributed by atoms with Crippen LogP contribution in [0.1, 0.15) is 57.8 Å². The summed E-state index contributed by atoms with van der Waals surface area (Å²) in [5.74, 6) is 0. The molecule has 0 spiro atoms. The Morgan fingerprint density at radius 1 is 1.44 bits per heavy atom. The Kier molecular flexibility index (Phi) is 3.56. The van der Waals surface area contributed by atoms with Crippen LogP contribution in [0.2, 0.25) is 0 Å². The Balaban J connectivity index is 2.05. The van der Waals surface area contributed by atoms with E-state index in [1.165, 1.54) is 0 Å². The van der Waals surface area contributed by atoms with Crippen molar-refractivity contribution in [3.63, 3.8) is 0 Å². The van der Waals surface area contributed by atoms with E-state index in [0.29, 0.717) is 6.04 Å². The number of hydrogen-bond acceptors (Lipinski definition) is 4. The van der Waals surface area contributed by atoms with E-state index >= 15 is 0 Å². The maximum absolute atomic E-state index is 6.11. The number of ether oxygens (including phenoxy) is 1. The molecule has 1 fully saturated rings. The fourth-order valence-corrected chi connectivity index (χ4v) is 3.58. The Morgan fingerprint density at radius 3 is 2.56 bits per heavy atom. The van der Waals surface area contributed by atoms with Gasteiger partial charge in [-0.1, -0.05) is 0 Å². The monoisotopic (exact) mass is 268 g/mol. The van der Waals surface area contributed by atoms with Crippen molar-refractivity contribution in [2.75, 3.05) is 0 Å². The summed E-state index contributed by atoms with van der Waals surface area (Å²) in [5.41, 5.74) is 0.940. The summed E-state index contributed by atoms with van der Waals surface area (Å²) >= 11 is 1.73. The first kappa shape index (κ1) is 14.0. The van der Waals surface area contributed by atoms with Crippen molar-refractivity contribution < 1.29 is 4.74 Å². The molecule has 0 aromatic carbocycles. The third-order valence-electron chi connectivity index (χ3n) is 3.53. The highest BCUT2D eigenvalue weighted by Crippen LogP contribution is 2.38. The topological polar surface area (TPSA) is 34.1 Å². The molecule has 102 valence electrons. The molecule has 2 unspecified atom stereocenters. The predicted molar refractivity (Wildman–Crippen MR) is 76.0 cm³/mol. The molecule has 0 aliphatic carbocycles. The van der Waals surface area contributed by atoms with Crippen LogP contribution in [0.4, 0.5) is 0 Å². The van der Waals surface area contributed by atoms with Crippen LogP contribution in [0.25, 0.3) is 0 Å². The lowest BCUT2D eigenvalue weighted by Gasteiger charge is -2.29. The van der Waals surface area contributed by atoms with Gasteiger partial charge in [-0.2, -0.15) is 0 Å².